The number of ether oxygens (including phenoxy) is 1. The largest absolute Gasteiger partial charge is 0.376 e. The lowest BCUT2D eigenvalue weighted by Gasteiger charge is -2.29. The van der Waals surface area contributed by atoms with Crippen molar-refractivity contribution >= 4 is 27.6 Å². The van der Waals surface area contributed by atoms with Crippen molar-refractivity contribution in [2.45, 2.75) is 63.9 Å². The SMILES string of the molecule is Cn1cc(N(C[C@H]2CCCCO2)S(=O)(=O)NC(=O)Nc2c3c(cc4c2CCC4)CCC3)cn1. The van der Waals surface area contributed by atoms with Crippen molar-refractivity contribution in [2.75, 3.05) is 22.8 Å². The Bertz CT molecular complexity index is 1120. The van der Waals surface area contributed by atoms with Gasteiger partial charge in [-0.25, -0.2) is 13.8 Å². The van der Waals surface area contributed by atoms with Crippen LogP contribution in [-0.2, 0) is 47.7 Å². The van der Waals surface area contributed by atoms with Gasteiger partial charge in [-0.15, -0.1) is 0 Å². The number of nitrogens with zero attached hydrogens (tertiary/aromatic N) is 3. The van der Waals surface area contributed by atoms with E-state index in [0.717, 1.165) is 74.6 Å². The van der Waals surface area contributed by atoms with E-state index in [0.29, 0.717) is 12.3 Å². The summed E-state index contributed by atoms with van der Waals surface area (Å²) < 4.78 is 37.4. The predicted octanol–water partition coefficient (Wildman–Crippen LogP) is 2.84. The predicted molar refractivity (Wildman–Crippen MR) is 126 cm³/mol. The van der Waals surface area contributed by atoms with Crippen LogP contribution in [0.15, 0.2) is 18.5 Å². The fourth-order valence-corrected chi connectivity index (χ4v) is 6.42. The first-order valence-electron chi connectivity index (χ1n) is 11.8. The van der Waals surface area contributed by atoms with Gasteiger partial charge >= 0.3 is 16.2 Å². The Morgan fingerprint density at radius 2 is 1.88 bits per heavy atom. The molecular formula is C23H31N5O4S. The van der Waals surface area contributed by atoms with Gasteiger partial charge in [0, 0.05) is 25.5 Å². The summed E-state index contributed by atoms with van der Waals surface area (Å²) in [7, 11) is -2.45. The molecule has 33 heavy (non-hydrogen) atoms. The van der Waals surface area contributed by atoms with Gasteiger partial charge in [-0.3, -0.25) is 4.68 Å². The molecule has 1 aromatic heterocycles. The third-order valence-electron chi connectivity index (χ3n) is 6.85. The monoisotopic (exact) mass is 473 g/mol. The third kappa shape index (κ3) is 4.59. The first-order valence-corrected chi connectivity index (χ1v) is 13.2. The maximum absolute atomic E-state index is 13.3. The Hall–Kier alpha value is -2.59. The Morgan fingerprint density at radius 3 is 2.48 bits per heavy atom. The Morgan fingerprint density at radius 1 is 1.15 bits per heavy atom. The number of hydrogen-bond donors (Lipinski definition) is 2. The highest BCUT2D eigenvalue weighted by Gasteiger charge is 2.31. The highest BCUT2D eigenvalue weighted by atomic mass is 32.2. The molecule has 2 N–H and O–H groups in total. The van der Waals surface area contributed by atoms with Crippen LogP contribution in [0.1, 0.15) is 54.4 Å². The Kier molecular flexibility index (Phi) is 6.05. The van der Waals surface area contributed by atoms with Crippen molar-refractivity contribution in [1.29, 1.82) is 0 Å². The second kappa shape index (κ2) is 8.98. The van der Waals surface area contributed by atoms with Gasteiger partial charge in [0.1, 0.15) is 0 Å². The van der Waals surface area contributed by atoms with E-state index in [1.165, 1.54) is 26.3 Å². The van der Waals surface area contributed by atoms with Crippen LogP contribution in [0.5, 0.6) is 0 Å². The minimum absolute atomic E-state index is 0.129. The van der Waals surface area contributed by atoms with Gasteiger partial charge < -0.3 is 10.1 Å². The van der Waals surface area contributed by atoms with Crippen LogP contribution in [0, 0.1) is 0 Å². The molecule has 1 fully saturated rings. The molecule has 0 saturated carbocycles. The standard InChI is InChI=1S/C23H31N5O4S/c1-27-14-18(13-24-27)28(15-19-8-2-3-11-32-19)33(30,31)26-23(29)25-22-20-9-4-6-16(20)12-17-7-5-10-21(17)22/h12-14,19H,2-11,15H2,1H3,(H2,25,26,29)/t19-/m1/s1. The molecule has 1 atom stereocenters. The highest BCUT2D eigenvalue weighted by Crippen LogP contribution is 2.38. The van der Waals surface area contributed by atoms with Gasteiger partial charge in [-0.05, 0) is 80.0 Å². The van der Waals surface area contributed by atoms with Crippen LogP contribution >= 0.6 is 0 Å². The highest BCUT2D eigenvalue weighted by molar-refractivity contribution is 7.91. The Balaban J connectivity index is 1.37. The third-order valence-corrected chi connectivity index (χ3v) is 8.23. The molecular weight excluding hydrogens is 442 g/mol. The second-order valence-electron chi connectivity index (χ2n) is 9.19. The average molecular weight is 474 g/mol. The van der Waals surface area contributed by atoms with Gasteiger partial charge in [0.15, 0.2) is 0 Å². The van der Waals surface area contributed by atoms with Gasteiger partial charge in [0.2, 0.25) is 0 Å². The number of aryl methyl sites for hydroxylation is 3. The topological polar surface area (TPSA) is 106 Å². The van der Waals surface area contributed by atoms with Crippen molar-refractivity contribution in [3.8, 4) is 0 Å². The molecule has 0 spiro atoms. The summed E-state index contributed by atoms with van der Waals surface area (Å²) in [5.74, 6) is 0. The van der Waals surface area contributed by atoms with Crippen molar-refractivity contribution in [1.82, 2.24) is 14.5 Å². The molecule has 1 saturated heterocycles. The number of aromatic nitrogens is 2. The van der Waals surface area contributed by atoms with E-state index in [9.17, 15) is 13.2 Å². The van der Waals surface area contributed by atoms with Crippen LogP contribution in [-0.4, -0.2) is 43.5 Å². The van der Waals surface area contributed by atoms with E-state index in [1.807, 2.05) is 0 Å². The molecule has 0 bridgehead atoms. The zero-order valence-electron chi connectivity index (χ0n) is 19.0. The number of carbonyl (C=O) groups is 1. The van der Waals surface area contributed by atoms with Gasteiger partial charge in [-0.1, -0.05) is 6.07 Å². The number of amides is 2. The summed E-state index contributed by atoms with van der Waals surface area (Å²) in [6.45, 7) is 0.744. The molecule has 1 aliphatic heterocycles. The number of rotatable bonds is 6. The minimum atomic E-state index is -4.17. The molecule has 178 valence electrons. The van der Waals surface area contributed by atoms with Gasteiger partial charge in [-0.2, -0.15) is 13.5 Å². The number of anilines is 2. The number of urea groups is 1. The molecule has 9 nitrogen and oxygen atoms in total. The van der Waals surface area contributed by atoms with E-state index < -0.39 is 16.2 Å². The quantitative estimate of drug-likeness (QED) is 0.671. The molecule has 2 heterocycles. The first kappa shape index (κ1) is 22.2. The fourth-order valence-electron chi connectivity index (χ4n) is 5.29. The lowest BCUT2D eigenvalue weighted by atomic mass is 9.99. The minimum Gasteiger partial charge on any atom is -0.376 e. The number of fused-ring (bicyclic) bond motifs is 2. The number of benzene rings is 1. The summed E-state index contributed by atoms with van der Waals surface area (Å²) in [6.07, 6.45) is 11.6. The van der Waals surface area contributed by atoms with E-state index in [2.05, 4.69) is 21.2 Å². The molecule has 2 aliphatic carbocycles. The molecule has 1 aromatic carbocycles. The van der Waals surface area contributed by atoms with Gasteiger partial charge in [0.25, 0.3) is 0 Å². The van der Waals surface area contributed by atoms with Gasteiger partial charge in [0.05, 0.1) is 24.5 Å². The maximum atomic E-state index is 13.3. The summed E-state index contributed by atoms with van der Waals surface area (Å²) in [5.41, 5.74) is 6.08. The van der Waals surface area contributed by atoms with Crippen LogP contribution in [0.2, 0.25) is 0 Å². The average Bonchev–Trinajstić information content (AvgIpc) is 3.53. The van der Waals surface area contributed by atoms with Crippen molar-refractivity contribution in [2.24, 2.45) is 7.05 Å². The number of carbonyl (C=O) groups excluding carboxylic acids is 1. The molecule has 10 heteroatoms. The van der Waals surface area contributed by atoms with Crippen LogP contribution in [0.25, 0.3) is 0 Å². The van der Waals surface area contributed by atoms with E-state index in [-0.39, 0.29) is 12.6 Å². The molecule has 2 amide bonds. The van der Waals surface area contributed by atoms with Crippen molar-refractivity contribution in [3.05, 3.63) is 40.7 Å². The summed E-state index contributed by atoms with van der Waals surface area (Å²) in [4.78, 5) is 13.0. The van der Waals surface area contributed by atoms with E-state index >= 15 is 0 Å². The molecule has 3 aliphatic rings. The zero-order valence-corrected chi connectivity index (χ0v) is 19.8. The van der Waals surface area contributed by atoms with Crippen LogP contribution in [0.3, 0.4) is 0 Å². The molecule has 2 aromatic rings. The lowest BCUT2D eigenvalue weighted by molar-refractivity contribution is 0.0228. The van der Waals surface area contributed by atoms with Crippen molar-refractivity contribution < 1.29 is 17.9 Å². The molecule has 5 rings (SSSR count). The van der Waals surface area contributed by atoms with E-state index in [1.54, 1.807) is 13.2 Å². The summed E-state index contributed by atoms with van der Waals surface area (Å²) in [5, 5.41) is 7.02. The molecule has 0 unspecified atom stereocenters. The van der Waals surface area contributed by atoms with Crippen LogP contribution in [0.4, 0.5) is 16.2 Å². The van der Waals surface area contributed by atoms with E-state index in [4.69, 9.17) is 4.74 Å². The first-order chi connectivity index (χ1) is 15.9. The molecule has 0 radical (unpaired) electrons. The maximum Gasteiger partial charge on any atom is 0.334 e. The summed E-state index contributed by atoms with van der Waals surface area (Å²) in [6, 6.07) is 1.54. The lowest BCUT2D eigenvalue weighted by Crippen LogP contribution is -2.48. The zero-order chi connectivity index (χ0) is 23.0. The Labute approximate surface area is 194 Å². The van der Waals surface area contributed by atoms with Crippen LogP contribution < -0.4 is 14.3 Å². The normalized spacial score (nSPS) is 19.7. The second-order valence-corrected chi connectivity index (χ2v) is 10.8. The number of hydrogen-bond acceptors (Lipinski definition) is 5. The smallest absolute Gasteiger partial charge is 0.334 e. The number of nitrogens with one attached hydrogen (secondary N) is 2. The summed E-state index contributed by atoms with van der Waals surface area (Å²) >= 11 is 0. The fraction of sp³-hybridized carbons (Fsp3) is 0.565. The van der Waals surface area contributed by atoms with Crippen molar-refractivity contribution in [3.63, 3.8) is 0 Å².